The quantitative estimate of drug-likeness (QED) is 0.106. The van der Waals surface area contributed by atoms with E-state index in [1.165, 1.54) is 24.7 Å². The fourth-order valence-corrected chi connectivity index (χ4v) is 6.12. The number of rotatable bonds is 18. The van der Waals surface area contributed by atoms with Crippen LogP contribution in [0.3, 0.4) is 0 Å². The van der Waals surface area contributed by atoms with Crippen LogP contribution < -0.4 is 0 Å². The molecule has 0 aliphatic rings. The summed E-state index contributed by atoms with van der Waals surface area (Å²) in [6, 6.07) is 8.34. The van der Waals surface area contributed by atoms with Crippen LogP contribution in [0.2, 0.25) is 18.1 Å². The molecule has 214 valence electrons. The highest BCUT2D eigenvalue weighted by molar-refractivity contribution is 7.88. The third kappa shape index (κ3) is 12.9. The molecule has 0 aliphatic carbocycles. The Morgan fingerprint density at radius 2 is 1.59 bits per heavy atom. The SMILES string of the molecule is CCCCCC(O[Si](C)(C)C(C)(C)C)c1ccc(CN(CCCCCCC(=O)OCC)S(C)(=O)=O)cc1. The van der Waals surface area contributed by atoms with Crippen molar-refractivity contribution in [2.45, 2.75) is 123 Å². The smallest absolute Gasteiger partial charge is 0.305 e. The van der Waals surface area contributed by atoms with E-state index in [1.807, 2.05) is 0 Å². The summed E-state index contributed by atoms with van der Waals surface area (Å²) in [5.74, 6) is -0.161. The number of carbonyl (C=O) groups excluding carboxylic acids is 1. The van der Waals surface area contributed by atoms with Crippen molar-refractivity contribution in [2.24, 2.45) is 0 Å². The molecule has 0 amide bonds. The van der Waals surface area contributed by atoms with E-state index < -0.39 is 18.3 Å². The van der Waals surface area contributed by atoms with E-state index in [1.54, 1.807) is 11.2 Å². The molecule has 0 spiro atoms. The number of hydrogen-bond acceptors (Lipinski definition) is 5. The van der Waals surface area contributed by atoms with E-state index in [0.29, 0.717) is 26.1 Å². The second-order valence-electron chi connectivity index (χ2n) is 11.7. The van der Waals surface area contributed by atoms with E-state index in [-0.39, 0.29) is 17.1 Å². The Morgan fingerprint density at radius 1 is 0.973 bits per heavy atom. The number of hydrogen-bond donors (Lipinski definition) is 0. The number of carbonyl (C=O) groups is 1. The van der Waals surface area contributed by atoms with Gasteiger partial charge < -0.3 is 9.16 Å². The van der Waals surface area contributed by atoms with Crippen molar-refractivity contribution in [3.63, 3.8) is 0 Å². The number of nitrogens with zero attached hydrogens (tertiary/aromatic N) is 1. The van der Waals surface area contributed by atoms with Crippen molar-refractivity contribution in [3.05, 3.63) is 35.4 Å². The summed E-state index contributed by atoms with van der Waals surface area (Å²) in [5, 5.41) is 0.144. The molecule has 0 aliphatic heterocycles. The Labute approximate surface area is 228 Å². The van der Waals surface area contributed by atoms with Crippen LogP contribution in [0.4, 0.5) is 0 Å². The molecule has 8 heteroatoms. The lowest BCUT2D eigenvalue weighted by Crippen LogP contribution is -2.41. The standard InChI is InChI=1S/C29H53NO5SSi/c1-9-11-14-17-27(35-37(7,8)29(3,4)5)26-21-19-25(20-22-26)24-30(36(6,32)33)23-16-13-12-15-18-28(31)34-10-2/h19-22,27H,9-18,23-24H2,1-8H3. The molecule has 37 heavy (non-hydrogen) atoms. The number of benzene rings is 1. The van der Waals surface area contributed by atoms with Crippen molar-refractivity contribution < 1.29 is 22.4 Å². The summed E-state index contributed by atoms with van der Waals surface area (Å²) >= 11 is 0. The summed E-state index contributed by atoms with van der Waals surface area (Å²) in [6.07, 6.45) is 9.61. The van der Waals surface area contributed by atoms with E-state index in [4.69, 9.17) is 9.16 Å². The lowest BCUT2D eigenvalue weighted by molar-refractivity contribution is -0.143. The van der Waals surface area contributed by atoms with Gasteiger partial charge >= 0.3 is 5.97 Å². The molecular formula is C29H53NO5SSi. The molecule has 1 aromatic rings. The maximum atomic E-state index is 12.4. The zero-order valence-corrected chi connectivity index (χ0v) is 26.6. The van der Waals surface area contributed by atoms with Crippen molar-refractivity contribution in [3.8, 4) is 0 Å². The van der Waals surface area contributed by atoms with Gasteiger partial charge in [-0.15, -0.1) is 0 Å². The molecule has 0 N–H and O–H groups in total. The molecular weight excluding hydrogens is 502 g/mol. The van der Waals surface area contributed by atoms with Gasteiger partial charge in [-0.3, -0.25) is 4.79 Å². The lowest BCUT2D eigenvalue weighted by Gasteiger charge is -2.39. The minimum atomic E-state index is -3.32. The average Bonchev–Trinajstić information content (AvgIpc) is 2.79. The van der Waals surface area contributed by atoms with E-state index in [9.17, 15) is 13.2 Å². The molecule has 0 aromatic heterocycles. The molecule has 6 nitrogen and oxygen atoms in total. The first kappa shape index (κ1) is 33.8. The summed E-state index contributed by atoms with van der Waals surface area (Å²) in [7, 11) is -5.24. The van der Waals surface area contributed by atoms with E-state index in [2.05, 4.69) is 65.1 Å². The molecule has 1 rings (SSSR count). The lowest BCUT2D eigenvalue weighted by atomic mass is 10.0. The van der Waals surface area contributed by atoms with Crippen LogP contribution in [0.5, 0.6) is 0 Å². The second kappa shape index (κ2) is 16.0. The van der Waals surface area contributed by atoms with Crippen LogP contribution in [0.15, 0.2) is 24.3 Å². The van der Waals surface area contributed by atoms with Crippen LogP contribution in [0.25, 0.3) is 0 Å². The Bertz CT molecular complexity index is 894. The molecule has 0 saturated carbocycles. The highest BCUT2D eigenvalue weighted by Crippen LogP contribution is 2.41. The maximum Gasteiger partial charge on any atom is 0.305 e. The Balaban J connectivity index is 2.80. The second-order valence-corrected chi connectivity index (χ2v) is 18.4. The topological polar surface area (TPSA) is 72.9 Å². The normalized spacial score (nSPS) is 13.6. The average molecular weight is 556 g/mol. The molecule has 0 bridgehead atoms. The Morgan fingerprint density at radius 3 is 2.14 bits per heavy atom. The first-order valence-electron chi connectivity index (χ1n) is 14.1. The monoisotopic (exact) mass is 555 g/mol. The third-order valence-corrected chi connectivity index (χ3v) is 13.1. The van der Waals surface area contributed by atoms with Crippen molar-refractivity contribution >= 4 is 24.3 Å². The zero-order chi connectivity index (χ0) is 28.1. The molecule has 1 atom stereocenters. The van der Waals surface area contributed by atoms with Crippen molar-refractivity contribution in [1.82, 2.24) is 4.31 Å². The van der Waals surface area contributed by atoms with Crippen LogP contribution in [0, 0.1) is 0 Å². The number of esters is 1. The Hall–Kier alpha value is -1.22. The van der Waals surface area contributed by atoms with Gasteiger partial charge in [0.2, 0.25) is 10.0 Å². The summed E-state index contributed by atoms with van der Waals surface area (Å²) in [5.41, 5.74) is 2.16. The van der Waals surface area contributed by atoms with Gasteiger partial charge in [0.1, 0.15) is 0 Å². The summed E-state index contributed by atoms with van der Waals surface area (Å²) < 4.78 is 38.2. The van der Waals surface area contributed by atoms with Gasteiger partial charge in [-0.1, -0.05) is 84.1 Å². The van der Waals surface area contributed by atoms with E-state index >= 15 is 0 Å². The number of ether oxygens (including phenoxy) is 1. The molecule has 1 unspecified atom stereocenters. The van der Waals surface area contributed by atoms with Crippen LogP contribution in [-0.4, -0.2) is 46.4 Å². The van der Waals surface area contributed by atoms with Gasteiger partial charge in [0, 0.05) is 19.5 Å². The first-order chi connectivity index (χ1) is 17.2. The minimum Gasteiger partial charge on any atom is -0.466 e. The van der Waals surface area contributed by atoms with Crippen LogP contribution in [-0.2, 0) is 30.5 Å². The summed E-state index contributed by atoms with van der Waals surface area (Å²) in [4.78, 5) is 11.4. The van der Waals surface area contributed by atoms with Crippen LogP contribution >= 0.6 is 0 Å². The zero-order valence-electron chi connectivity index (χ0n) is 24.8. The summed E-state index contributed by atoms with van der Waals surface area (Å²) in [6.45, 7) is 16.7. The molecule has 1 aromatic carbocycles. The Kier molecular flexibility index (Phi) is 14.6. The predicted octanol–water partition coefficient (Wildman–Crippen LogP) is 7.61. The third-order valence-electron chi connectivity index (χ3n) is 7.34. The van der Waals surface area contributed by atoms with Gasteiger partial charge in [-0.2, -0.15) is 4.31 Å². The molecule has 0 fully saturated rings. The molecule has 0 saturated heterocycles. The minimum absolute atomic E-state index is 0.0714. The van der Waals surface area contributed by atoms with Gasteiger partial charge in [0.25, 0.3) is 0 Å². The van der Waals surface area contributed by atoms with Crippen LogP contribution in [0.1, 0.15) is 110 Å². The van der Waals surface area contributed by atoms with Gasteiger partial charge in [0.05, 0.1) is 19.0 Å². The van der Waals surface area contributed by atoms with Gasteiger partial charge in [-0.05, 0) is 55.4 Å². The maximum absolute atomic E-state index is 12.4. The number of sulfonamides is 1. The van der Waals surface area contributed by atoms with Crippen molar-refractivity contribution in [2.75, 3.05) is 19.4 Å². The largest absolute Gasteiger partial charge is 0.466 e. The van der Waals surface area contributed by atoms with E-state index in [0.717, 1.165) is 44.1 Å². The highest BCUT2D eigenvalue weighted by atomic mass is 32.2. The van der Waals surface area contributed by atoms with Gasteiger partial charge in [-0.25, -0.2) is 8.42 Å². The fourth-order valence-electron chi connectivity index (χ4n) is 3.95. The highest BCUT2D eigenvalue weighted by Gasteiger charge is 2.39. The molecule has 0 heterocycles. The number of unbranched alkanes of at least 4 members (excludes halogenated alkanes) is 5. The predicted molar refractivity (Wildman–Crippen MR) is 157 cm³/mol. The first-order valence-corrected chi connectivity index (χ1v) is 18.8. The van der Waals surface area contributed by atoms with Crippen molar-refractivity contribution in [1.29, 1.82) is 0 Å². The fraction of sp³-hybridized carbons (Fsp3) is 0.759. The molecule has 0 radical (unpaired) electrons. The van der Waals surface area contributed by atoms with Gasteiger partial charge in [0.15, 0.2) is 8.32 Å².